The van der Waals surface area contributed by atoms with Gasteiger partial charge in [-0.15, -0.1) is 0 Å². The molecule has 3 rings (SSSR count). The maximum Gasteiger partial charge on any atom is 0.255 e. The summed E-state index contributed by atoms with van der Waals surface area (Å²) < 4.78 is 18.9. The van der Waals surface area contributed by atoms with Crippen LogP contribution in [0.3, 0.4) is 0 Å². The number of piperidine rings is 1. The Hall–Kier alpha value is -1.70. The first-order valence-corrected chi connectivity index (χ1v) is 9.52. The third kappa shape index (κ3) is 4.59. The molecule has 2 fully saturated rings. The Morgan fingerprint density at radius 2 is 1.85 bits per heavy atom. The lowest BCUT2D eigenvalue weighted by Crippen LogP contribution is -2.61. The zero-order chi connectivity index (χ0) is 19.7. The first-order valence-electron chi connectivity index (χ1n) is 9.52. The van der Waals surface area contributed by atoms with Gasteiger partial charge in [0, 0.05) is 52.5 Å². The van der Waals surface area contributed by atoms with Crippen LogP contribution in [0.4, 0.5) is 10.1 Å². The van der Waals surface area contributed by atoms with E-state index in [0.29, 0.717) is 39.1 Å². The van der Waals surface area contributed by atoms with Gasteiger partial charge in [-0.05, 0) is 44.0 Å². The zero-order valence-corrected chi connectivity index (χ0v) is 16.4. The summed E-state index contributed by atoms with van der Waals surface area (Å²) in [4.78, 5) is 18.3. The molecule has 27 heavy (non-hydrogen) atoms. The Morgan fingerprint density at radius 3 is 2.44 bits per heavy atom. The molecule has 6 nitrogen and oxygen atoms in total. The van der Waals surface area contributed by atoms with Crippen molar-refractivity contribution >= 4 is 11.6 Å². The number of hydrogen-bond acceptors (Lipinski definition) is 5. The van der Waals surface area contributed by atoms with Crippen LogP contribution in [0.2, 0.25) is 0 Å². The molecule has 2 aliphatic rings. The summed E-state index contributed by atoms with van der Waals surface area (Å²) in [5.41, 5.74) is -0.669. The lowest BCUT2D eigenvalue weighted by atomic mass is 9.89. The monoisotopic (exact) mass is 379 g/mol. The number of rotatable bonds is 4. The summed E-state index contributed by atoms with van der Waals surface area (Å²) in [6.45, 7) is 5.47. The van der Waals surface area contributed by atoms with Gasteiger partial charge in [0.1, 0.15) is 5.82 Å². The fourth-order valence-corrected chi connectivity index (χ4v) is 4.10. The number of ether oxygens (including phenoxy) is 1. The maximum absolute atomic E-state index is 13.1. The van der Waals surface area contributed by atoms with Crippen LogP contribution in [0.5, 0.6) is 0 Å². The van der Waals surface area contributed by atoms with Gasteiger partial charge in [-0.2, -0.15) is 0 Å². The average molecular weight is 379 g/mol. The number of carbonyl (C=O) groups excluding carboxylic acids is 1. The molecule has 1 amide bonds. The van der Waals surface area contributed by atoms with E-state index in [9.17, 15) is 14.3 Å². The van der Waals surface area contributed by atoms with Crippen molar-refractivity contribution < 1.29 is 19.0 Å². The van der Waals surface area contributed by atoms with Crippen LogP contribution in [0.1, 0.15) is 19.8 Å². The summed E-state index contributed by atoms with van der Waals surface area (Å²) in [7, 11) is 3.46. The van der Waals surface area contributed by atoms with Crippen molar-refractivity contribution in [1.29, 1.82) is 0 Å². The molecule has 1 N–H and O–H groups in total. The smallest absolute Gasteiger partial charge is 0.255 e. The van der Waals surface area contributed by atoms with Crippen molar-refractivity contribution in [3.05, 3.63) is 30.1 Å². The quantitative estimate of drug-likeness (QED) is 0.856. The minimum atomic E-state index is -0.868. The average Bonchev–Trinajstić information content (AvgIpc) is 2.62. The second-order valence-electron chi connectivity index (χ2n) is 8.18. The van der Waals surface area contributed by atoms with Crippen molar-refractivity contribution in [2.75, 3.05) is 58.3 Å². The summed E-state index contributed by atoms with van der Waals surface area (Å²) in [5, 5.41) is 11.1. The standard InChI is InChI=1S/C20H30FN3O3/c1-19(18(25)22(2)3)14-23(12-13-27-19)15-20(26)8-10-24(11-9-20)17-6-4-16(21)5-7-17/h4-7,26H,8-15H2,1-3H3/t19-/m0/s1. The molecule has 2 heterocycles. The molecule has 0 spiro atoms. The Balaban J connectivity index is 1.58. The van der Waals surface area contributed by atoms with E-state index in [0.717, 1.165) is 18.8 Å². The Kier molecular flexibility index (Phi) is 5.74. The van der Waals surface area contributed by atoms with Crippen molar-refractivity contribution in [1.82, 2.24) is 9.80 Å². The Morgan fingerprint density at radius 1 is 1.22 bits per heavy atom. The molecule has 2 saturated heterocycles. The van der Waals surface area contributed by atoms with Crippen LogP contribution in [0, 0.1) is 5.82 Å². The number of morpholine rings is 1. The number of likely N-dealkylation sites (N-methyl/N-ethyl adjacent to an activating group) is 1. The first-order chi connectivity index (χ1) is 12.7. The SMILES string of the molecule is CN(C)C(=O)[C@]1(C)CN(CC2(O)CCN(c3ccc(F)cc3)CC2)CCO1. The van der Waals surface area contributed by atoms with Gasteiger partial charge in [0.25, 0.3) is 5.91 Å². The number of halogens is 1. The summed E-state index contributed by atoms with van der Waals surface area (Å²) in [5.74, 6) is -0.291. The highest BCUT2D eigenvalue weighted by atomic mass is 19.1. The van der Waals surface area contributed by atoms with Crippen molar-refractivity contribution in [2.24, 2.45) is 0 Å². The van der Waals surface area contributed by atoms with E-state index in [1.54, 1.807) is 31.1 Å². The Bertz CT molecular complexity index is 659. The van der Waals surface area contributed by atoms with Crippen molar-refractivity contribution in [3.63, 3.8) is 0 Å². The van der Waals surface area contributed by atoms with Gasteiger partial charge in [-0.25, -0.2) is 4.39 Å². The molecule has 0 aliphatic carbocycles. The first kappa shape index (κ1) is 20.0. The second kappa shape index (κ2) is 7.73. The molecule has 0 aromatic heterocycles. The van der Waals surface area contributed by atoms with Gasteiger partial charge in [0.15, 0.2) is 5.60 Å². The molecule has 150 valence electrons. The van der Waals surface area contributed by atoms with Gasteiger partial charge in [0.2, 0.25) is 0 Å². The number of anilines is 1. The van der Waals surface area contributed by atoms with E-state index in [2.05, 4.69) is 9.80 Å². The molecule has 1 aromatic carbocycles. The van der Waals surface area contributed by atoms with Gasteiger partial charge in [0.05, 0.1) is 12.2 Å². The molecular weight excluding hydrogens is 349 g/mol. The van der Waals surface area contributed by atoms with E-state index in [1.807, 2.05) is 6.92 Å². The normalized spacial score (nSPS) is 26.0. The van der Waals surface area contributed by atoms with E-state index in [4.69, 9.17) is 4.74 Å². The van der Waals surface area contributed by atoms with Crippen LogP contribution < -0.4 is 4.90 Å². The number of aliphatic hydroxyl groups is 1. The largest absolute Gasteiger partial charge is 0.388 e. The van der Waals surface area contributed by atoms with Crippen LogP contribution in [0.15, 0.2) is 24.3 Å². The van der Waals surface area contributed by atoms with Gasteiger partial charge < -0.3 is 19.6 Å². The third-order valence-corrected chi connectivity index (χ3v) is 5.62. The zero-order valence-electron chi connectivity index (χ0n) is 16.4. The van der Waals surface area contributed by atoms with E-state index in [-0.39, 0.29) is 11.7 Å². The highest BCUT2D eigenvalue weighted by molar-refractivity contribution is 5.84. The predicted molar refractivity (Wildman–Crippen MR) is 102 cm³/mol. The summed E-state index contributed by atoms with van der Waals surface area (Å²) >= 11 is 0. The van der Waals surface area contributed by atoms with Crippen LogP contribution in [-0.4, -0.2) is 85.4 Å². The molecule has 0 unspecified atom stereocenters. The minimum absolute atomic E-state index is 0.0506. The second-order valence-corrected chi connectivity index (χ2v) is 8.18. The fraction of sp³-hybridized carbons (Fsp3) is 0.650. The van der Waals surface area contributed by atoms with Gasteiger partial charge >= 0.3 is 0 Å². The molecular formula is C20H30FN3O3. The molecule has 2 aliphatic heterocycles. The van der Waals surface area contributed by atoms with E-state index in [1.165, 1.54) is 12.1 Å². The van der Waals surface area contributed by atoms with Crippen molar-refractivity contribution in [2.45, 2.75) is 31.0 Å². The van der Waals surface area contributed by atoms with E-state index < -0.39 is 11.2 Å². The molecule has 1 aromatic rings. The van der Waals surface area contributed by atoms with Crippen molar-refractivity contribution in [3.8, 4) is 0 Å². The topological polar surface area (TPSA) is 56.2 Å². The number of benzene rings is 1. The van der Waals surface area contributed by atoms with E-state index >= 15 is 0 Å². The van der Waals surface area contributed by atoms with Gasteiger partial charge in [-0.1, -0.05) is 0 Å². The minimum Gasteiger partial charge on any atom is -0.388 e. The molecule has 0 saturated carbocycles. The number of carbonyl (C=O) groups is 1. The molecule has 1 atom stereocenters. The fourth-order valence-electron chi connectivity index (χ4n) is 4.10. The highest BCUT2D eigenvalue weighted by Crippen LogP contribution is 2.29. The van der Waals surface area contributed by atoms with Crippen LogP contribution in [0.25, 0.3) is 0 Å². The molecule has 7 heteroatoms. The third-order valence-electron chi connectivity index (χ3n) is 5.62. The highest BCUT2D eigenvalue weighted by Gasteiger charge is 2.43. The van der Waals surface area contributed by atoms with Gasteiger partial charge in [-0.3, -0.25) is 9.69 Å². The summed E-state index contributed by atoms with van der Waals surface area (Å²) in [6, 6.07) is 6.48. The lowest BCUT2D eigenvalue weighted by molar-refractivity contribution is -0.168. The Labute approximate surface area is 160 Å². The maximum atomic E-state index is 13.1. The van der Waals surface area contributed by atoms with Crippen LogP contribution >= 0.6 is 0 Å². The molecule has 0 radical (unpaired) electrons. The molecule has 0 bridgehead atoms. The van der Waals surface area contributed by atoms with Crippen LogP contribution in [-0.2, 0) is 9.53 Å². The number of nitrogens with zero attached hydrogens (tertiary/aromatic N) is 3. The number of β-amino-alcohol motifs (C(OH)–C–C–N with tert-alkyl or cyclic N) is 1. The summed E-state index contributed by atoms with van der Waals surface area (Å²) in [6.07, 6.45) is 1.28. The number of amides is 1. The predicted octanol–water partition coefficient (Wildman–Crippen LogP) is 1.34. The number of hydrogen-bond donors (Lipinski definition) is 1. The lowest BCUT2D eigenvalue weighted by Gasteiger charge is -2.45.